The van der Waals surface area contributed by atoms with Crippen molar-refractivity contribution in [2.45, 2.75) is 19.4 Å². The van der Waals surface area contributed by atoms with Gasteiger partial charge in [0.05, 0.1) is 6.42 Å². The van der Waals surface area contributed by atoms with E-state index in [1.807, 2.05) is 60.7 Å². The van der Waals surface area contributed by atoms with Crippen LogP contribution in [0.2, 0.25) is 0 Å². The minimum absolute atomic E-state index is 0.227. The van der Waals surface area contributed by atoms with Gasteiger partial charge in [-0.2, -0.15) is 0 Å². The van der Waals surface area contributed by atoms with Gasteiger partial charge in [0.1, 0.15) is 6.61 Å². The second-order valence-corrected chi connectivity index (χ2v) is 4.74. The number of benzene rings is 2. The fraction of sp³-hybridized carbons (Fsp3) is 0.167. The molecule has 102 valence electrons. The van der Waals surface area contributed by atoms with Crippen LogP contribution in [0, 0.1) is 0 Å². The molecule has 0 radical (unpaired) electrons. The minimum atomic E-state index is -0.227. The van der Waals surface area contributed by atoms with E-state index >= 15 is 0 Å². The highest BCUT2D eigenvalue weighted by Gasteiger charge is 2.06. The fourth-order valence-electron chi connectivity index (χ4n) is 1.94. The average molecular weight is 266 g/mol. The zero-order valence-electron chi connectivity index (χ0n) is 11.4. The van der Waals surface area contributed by atoms with Crippen LogP contribution in [0.25, 0.3) is 0 Å². The summed E-state index contributed by atoms with van der Waals surface area (Å²) in [6.45, 7) is 4.26. The maximum atomic E-state index is 11.7. The lowest BCUT2D eigenvalue weighted by Gasteiger charge is -2.07. The van der Waals surface area contributed by atoms with Crippen LogP contribution in [-0.4, -0.2) is 5.97 Å². The number of carbonyl (C=O) groups is 1. The van der Waals surface area contributed by atoms with Crippen molar-refractivity contribution in [1.29, 1.82) is 0 Å². The van der Waals surface area contributed by atoms with Gasteiger partial charge in [-0.15, -0.1) is 0 Å². The molecule has 2 heteroatoms. The predicted octanol–water partition coefficient (Wildman–Crippen LogP) is 3.92. The summed E-state index contributed by atoms with van der Waals surface area (Å²) >= 11 is 0. The third-order valence-corrected chi connectivity index (χ3v) is 2.93. The molecule has 2 rings (SSSR count). The highest BCUT2D eigenvalue weighted by atomic mass is 16.5. The Hall–Kier alpha value is -2.35. The van der Waals surface area contributed by atoms with Gasteiger partial charge in [-0.3, -0.25) is 4.79 Å². The Balaban J connectivity index is 1.75. The summed E-state index contributed by atoms with van der Waals surface area (Å²) in [5.74, 6) is -0.227. The van der Waals surface area contributed by atoms with Crippen LogP contribution in [0.4, 0.5) is 0 Å². The third-order valence-electron chi connectivity index (χ3n) is 2.93. The monoisotopic (exact) mass is 266 g/mol. The second kappa shape index (κ2) is 7.29. The smallest absolute Gasteiger partial charge is 0.310 e. The van der Waals surface area contributed by atoms with Gasteiger partial charge in [-0.25, -0.2) is 0 Å². The Labute approximate surface area is 119 Å². The maximum Gasteiger partial charge on any atom is 0.310 e. The Morgan fingerprint density at radius 2 is 1.45 bits per heavy atom. The van der Waals surface area contributed by atoms with E-state index in [2.05, 4.69) is 6.58 Å². The molecule has 2 aromatic carbocycles. The van der Waals surface area contributed by atoms with Gasteiger partial charge in [0.2, 0.25) is 0 Å². The number of hydrogen-bond donors (Lipinski definition) is 0. The Kier molecular flexibility index (Phi) is 5.13. The minimum Gasteiger partial charge on any atom is -0.461 e. The van der Waals surface area contributed by atoms with Crippen molar-refractivity contribution in [3.63, 3.8) is 0 Å². The number of hydrogen-bond acceptors (Lipinski definition) is 2. The van der Waals surface area contributed by atoms with Crippen molar-refractivity contribution >= 4 is 5.97 Å². The molecule has 0 aliphatic heterocycles. The topological polar surface area (TPSA) is 26.3 Å². The molecule has 2 nitrogen and oxygen atoms in total. The molecule has 0 heterocycles. The standard InChI is InChI=1S/C18H18O2/c1-15(12-16-8-4-2-5-9-16)13-18(19)20-14-17-10-6-3-7-11-17/h2-11H,1,12-14H2. The third kappa shape index (κ3) is 4.73. The molecule has 0 atom stereocenters. The first-order chi connectivity index (χ1) is 9.74. The van der Waals surface area contributed by atoms with Crippen molar-refractivity contribution < 1.29 is 9.53 Å². The van der Waals surface area contributed by atoms with Gasteiger partial charge in [-0.1, -0.05) is 72.8 Å². The van der Waals surface area contributed by atoms with Crippen LogP contribution in [0.1, 0.15) is 17.5 Å². The lowest BCUT2D eigenvalue weighted by Crippen LogP contribution is -2.06. The molecule has 0 saturated heterocycles. The van der Waals surface area contributed by atoms with E-state index in [-0.39, 0.29) is 12.4 Å². The van der Waals surface area contributed by atoms with E-state index < -0.39 is 0 Å². The zero-order valence-corrected chi connectivity index (χ0v) is 11.4. The van der Waals surface area contributed by atoms with E-state index in [1.165, 1.54) is 0 Å². The number of ether oxygens (including phenoxy) is 1. The quantitative estimate of drug-likeness (QED) is 0.585. The molecular formula is C18H18O2. The molecule has 0 saturated carbocycles. The second-order valence-electron chi connectivity index (χ2n) is 4.74. The molecule has 0 spiro atoms. The van der Waals surface area contributed by atoms with Gasteiger partial charge >= 0.3 is 5.97 Å². The summed E-state index contributed by atoms with van der Waals surface area (Å²) < 4.78 is 5.24. The molecule has 0 aliphatic rings. The van der Waals surface area contributed by atoms with Gasteiger partial charge < -0.3 is 4.74 Å². The highest BCUT2D eigenvalue weighted by molar-refractivity contribution is 5.72. The predicted molar refractivity (Wildman–Crippen MR) is 80.1 cm³/mol. The van der Waals surface area contributed by atoms with Crippen LogP contribution in [0.15, 0.2) is 72.8 Å². The lowest BCUT2D eigenvalue weighted by molar-refractivity contribution is -0.144. The first-order valence-corrected chi connectivity index (χ1v) is 6.64. The highest BCUT2D eigenvalue weighted by Crippen LogP contribution is 2.11. The first kappa shape index (κ1) is 14.1. The maximum absolute atomic E-state index is 11.7. The van der Waals surface area contributed by atoms with Gasteiger partial charge in [0.25, 0.3) is 0 Å². The van der Waals surface area contributed by atoms with Crippen LogP contribution in [0.5, 0.6) is 0 Å². The van der Waals surface area contributed by atoms with Crippen LogP contribution in [-0.2, 0) is 22.6 Å². The average Bonchev–Trinajstić information content (AvgIpc) is 2.47. The molecule has 0 fully saturated rings. The summed E-state index contributed by atoms with van der Waals surface area (Å²) in [6.07, 6.45) is 0.975. The van der Waals surface area contributed by atoms with Crippen molar-refractivity contribution in [3.8, 4) is 0 Å². The van der Waals surface area contributed by atoms with E-state index in [0.717, 1.165) is 16.7 Å². The summed E-state index contributed by atoms with van der Waals surface area (Å²) in [7, 11) is 0. The van der Waals surface area contributed by atoms with Crippen molar-refractivity contribution in [1.82, 2.24) is 0 Å². The summed E-state index contributed by atoms with van der Waals surface area (Å²) in [5, 5.41) is 0. The molecule has 0 amide bonds. The van der Waals surface area contributed by atoms with Crippen LogP contribution in [0.3, 0.4) is 0 Å². The van der Waals surface area contributed by atoms with E-state index in [1.54, 1.807) is 0 Å². The molecule has 20 heavy (non-hydrogen) atoms. The Morgan fingerprint density at radius 3 is 2.05 bits per heavy atom. The molecule has 0 N–H and O–H groups in total. The van der Waals surface area contributed by atoms with E-state index in [4.69, 9.17) is 4.74 Å². The zero-order chi connectivity index (χ0) is 14.2. The van der Waals surface area contributed by atoms with Crippen LogP contribution >= 0.6 is 0 Å². The lowest BCUT2D eigenvalue weighted by atomic mass is 10.0. The molecular weight excluding hydrogens is 248 g/mol. The molecule has 0 bridgehead atoms. The molecule has 0 unspecified atom stereocenters. The van der Waals surface area contributed by atoms with E-state index in [0.29, 0.717) is 13.0 Å². The van der Waals surface area contributed by atoms with Gasteiger partial charge in [0.15, 0.2) is 0 Å². The first-order valence-electron chi connectivity index (χ1n) is 6.64. The van der Waals surface area contributed by atoms with E-state index in [9.17, 15) is 4.79 Å². The fourth-order valence-corrected chi connectivity index (χ4v) is 1.94. The SMILES string of the molecule is C=C(CC(=O)OCc1ccccc1)Cc1ccccc1. The molecule has 0 aliphatic carbocycles. The Morgan fingerprint density at radius 1 is 0.900 bits per heavy atom. The largest absolute Gasteiger partial charge is 0.461 e. The van der Waals surface area contributed by atoms with Gasteiger partial charge in [-0.05, 0) is 17.5 Å². The Bertz CT molecular complexity index is 558. The number of carbonyl (C=O) groups excluding carboxylic acids is 1. The molecule has 2 aromatic rings. The van der Waals surface area contributed by atoms with Crippen LogP contribution < -0.4 is 0 Å². The summed E-state index contributed by atoms with van der Waals surface area (Å²) in [5.41, 5.74) is 3.03. The summed E-state index contributed by atoms with van der Waals surface area (Å²) in [6, 6.07) is 19.7. The van der Waals surface area contributed by atoms with Gasteiger partial charge in [0, 0.05) is 0 Å². The van der Waals surface area contributed by atoms with Crippen molar-refractivity contribution in [3.05, 3.63) is 83.9 Å². The van der Waals surface area contributed by atoms with Crippen molar-refractivity contribution in [2.24, 2.45) is 0 Å². The van der Waals surface area contributed by atoms with Crippen molar-refractivity contribution in [2.75, 3.05) is 0 Å². The normalized spacial score (nSPS) is 10.0. The summed E-state index contributed by atoms with van der Waals surface area (Å²) in [4.78, 5) is 11.7. The number of esters is 1. The molecule has 0 aromatic heterocycles. The number of rotatable bonds is 6.